The Hall–Kier alpha value is -4.12. The molecule has 8 nitrogen and oxygen atoms in total. The summed E-state index contributed by atoms with van der Waals surface area (Å²) in [6, 6.07) is 17.9. The lowest BCUT2D eigenvalue weighted by atomic mass is 10.2. The van der Waals surface area contributed by atoms with Crippen molar-refractivity contribution in [2.24, 2.45) is 0 Å². The quantitative estimate of drug-likeness (QED) is 0.708. The first-order valence-electron chi connectivity index (χ1n) is 8.49. The summed E-state index contributed by atoms with van der Waals surface area (Å²) in [4.78, 5) is 12.3. The number of nitrogens with one attached hydrogen (secondary N) is 2. The predicted octanol–water partition coefficient (Wildman–Crippen LogP) is 2.75. The summed E-state index contributed by atoms with van der Waals surface area (Å²) in [6.45, 7) is 0.534. The Morgan fingerprint density at radius 1 is 1.07 bits per heavy atom. The number of benzene rings is 2. The maximum Gasteiger partial charge on any atom is 0.272 e. The molecule has 0 aliphatic carbocycles. The third-order valence-corrected chi connectivity index (χ3v) is 4.10. The zero-order chi connectivity index (χ0) is 19.3. The van der Waals surface area contributed by atoms with Gasteiger partial charge in [-0.05, 0) is 42.0 Å². The summed E-state index contributed by atoms with van der Waals surface area (Å²) in [5.41, 5.74) is 2.20. The molecule has 0 unspecified atom stereocenters. The smallest absolute Gasteiger partial charge is 0.272 e. The van der Waals surface area contributed by atoms with Crippen LogP contribution >= 0.6 is 0 Å². The van der Waals surface area contributed by atoms with E-state index in [1.165, 1.54) is 0 Å². The van der Waals surface area contributed by atoms with Gasteiger partial charge in [0.15, 0.2) is 23.0 Å². The standard InChI is InChI=1S/C20H15N5O3/c21-10-14-3-1-2-4-15(14)23-19-8-6-16(24-25-19)20(26)22-11-13-5-7-17-18(9-13)28-12-27-17/h1-9H,11-12H2,(H,22,26)(H,23,25). The molecule has 1 aliphatic heterocycles. The van der Waals surface area contributed by atoms with Gasteiger partial charge in [-0.1, -0.05) is 18.2 Å². The number of carbonyl (C=O) groups is 1. The van der Waals surface area contributed by atoms with Gasteiger partial charge in [0, 0.05) is 6.54 Å². The van der Waals surface area contributed by atoms with Crippen LogP contribution in [0.3, 0.4) is 0 Å². The molecule has 0 radical (unpaired) electrons. The second-order valence-corrected chi connectivity index (χ2v) is 5.96. The fraction of sp³-hybridized carbons (Fsp3) is 0.100. The Balaban J connectivity index is 1.38. The van der Waals surface area contributed by atoms with Crippen LogP contribution in [0.1, 0.15) is 21.6 Å². The molecular formula is C20H15N5O3. The van der Waals surface area contributed by atoms with E-state index in [-0.39, 0.29) is 18.4 Å². The number of ether oxygens (including phenoxy) is 2. The molecule has 3 aromatic rings. The summed E-state index contributed by atoms with van der Waals surface area (Å²) in [5, 5.41) is 22.9. The van der Waals surface area contributed by atoms with Gasteiger partial charge >= 0.3 is 0 Å². The Kier molecular flexibility index (Phi) is 4.72. The van der Waals surface area contributed by atoms with E-state index in [1.54, 1.807) is 30.3 Å². The second-order valence-electron chi connectivity index (χ2n) is 5.96. The van der Waals surface area contributed by atoms with E-state index in [0.717, 1.165) is 5.56 Å². The molecule has 2 aromatic carbocycles. The molecule has 0 spiro atoms. The summed E-state index contributed by atoms with van der Waals surface area (Å²) >= 11 is 0. The van der Waals surface area contributed by atoms with Crippen molar-refractivity contribution >= 4 is 17.4 Å². The van der Waals surface area contributed by atoms with Crippen molar-refractivity contribution in [1.82, 2.24) is 15.5 Å². The highest BCUT2D eigenvalue weighted by Crippen LogP contribution is 2.32. The van der Waals surface area contributed by atoms with Gasteiger partial charge in [0.1, 0.15) is 6.07 Å². The van der Waals surface area contributed by atoms with Gasteiger partial charge in [0.05, 0.1) is 11.3 Å². The normalized spacial score (nSPS) is 11.5. The van der Waals surface area contributed by atoms with E-state index in [0.29, 0.717) is 35.1 Å². The number of nitrogens with zero attached hydrogens (tertiary/aromatic N) is 3. The van der Waals surface area contributed by atoms with E-state index in [9.17, 15) is 4.79 Å². The molecule has 0 bridgehead atoms. The number of fused-ring (bicyclic) bond motifs is 1. The molecule has 28 heavy (non-hydrogen) atoms. The monoisotopic (exact) mass is 373 g/mol. The molecule has 1 aliphatic rings. The fourth-order valence-corrected chi connectivity index (χ4v) is 2.67. The molecule has 2 heterocycles. The number of amides is 1. The van der Waals surface area contributed by atoms with Gasteiger partial charge in [-0.3, -0.25) is 4.79 Å². The lowest BCUT2D eigenvalue weighted by Crippen LogP contribution is -2.24. The first-order chi connectivity index (χ1) is 13.7. The first kappa shape index (κ1) is 17.3. The minimum Gasteiger partial charge on any atom is -0.454 e. The number of aromatic nitrogens is 2. The highest BCUT2D eigenvalue weighted by atomic mass is 16.7. The van der Waals surface area contributed by atoms with E-state index >= 15 is 0 Å². The number of carbonyl (C=O) groups excluding carboxylic acids is 1. The molecule has 4 rings (SSSR count). The minimum absolute atomic E-state index is 0.194. The van der Waals surface area contributed by atoms with Gasteiger partial charge in [-0.2, -0.15) is 5.26 Å². The van der Waals surface area contributed by atoms with E-state index in [1.807, 2.05) is 24.3 Å². The maximum atomic E-state index is 12.3. The van der Waals surface area contributed by atoms with Crippen LogP contribution in [0.4, 0.5) is 11.5 Å². The largest absolute Gasteiger partial charge is 0.454 e. The Morgan fingerprint density at radius 3 is 2.75 bits per heavy atom. The van der Waals surface area contributed by atoms with Crippen LogP contribution < -0.4 is 20.1 Å². The number of para-hydroxylation sites is 1. The Bertz CT molecular complexity index is 1060. The highest BCUT2D eigenvalue weighted by molar-refractivity contribution is 5.92. The van der Waals surface area contributed by atoms with Crippen LogP contribution in [0, 0.1) is 11.3 Å². The number of rotatable bonds is 5. The number of anilines is 2. The van der Waals surface area contributed by atoms with Crippen molar-refractivity contribution < 1.29 is 14.3 Å². The highest BCUT2D eigenvalue weighted by Gasteiger charge is 2.14. The van der Waals surface area contributed by atoms with Crippen LogP contribution in [0.5, 0.6) is 11.5 Å². The average molecular weight is 373 g/mol. The second kappa shape index (κ2) is 7.63. The molecule has 8 heteroatoms. The van der Waals surface area contributed by atoms with E-state index < -0.39 is 0 Å². The average Bonchev–Trinajstić information content (AvgIpc) is 3.21. The maximum absolute atomic E-state index is 12.3. The van der Waals surface area contributed by atoms with Crippen LogP contribution in [-0.4, -0.2) is 22.9 Å². The summed E-state index contributed by atoms with van der Waals surface area (Å²) in [5.74, 6) is 1.46. The lowest BCUT2D eigenvalue weighted by Gasteiger charge is -2.08. The summed E-state index contributed by atoms with van der Waals surface area (Å²) < 4.78 is 10.6. The van der Waals surface area contributed by atoms with Crippen molar-refractivity contribution in [2.45, 2.75) is 6.54 Å². The van der Waals surface area contributed by atoms with Crippen molar-refractivity contribution in [1.29, 1.82) is 5.26 Å². The number of hydrogen-bond acceptors (Lipinski definition) is 7. The van der Waals surface area contributed by atoms with E-state index in [2.05, 4.69) is 26.9 Å². The SMILES string of the molecule is N#Cc1ccccc1Nc1ccc(C(=O)NCc2ccc3c(c2)OCO3)nn1. The molecule has 138 valence electrons. The van der Waals surface area contributed by atoms with Crippen LogP contribution in [0.2, 0.25) is 0 Å². The van der Waals surface area contributed by atoms with Gasteiger partial charge < -0.3 is 20.1 Å². The minimum atomic E-state index is -0.339. The molecular weight excluding hydrogens is 358 g/mol. The number of hydrogen-bond donors (Lipinski definition) is 2. The molecule has 0 saturated carbocycles. The van der Waals surface area contributed by atoms with Gasteiger partial charge in [-0.25, -0.2) is 0 Å². The van der Waals surface area contributed by atoms with Crippen LogP contribution in [-0.2, 0) is 6.54 Å². The zero-order valence-corrected chi connectivity index (χ0v) is 14.7. The summed E-state index contributed by atoms with van der Waals surface area (Å²) in [7, 11) is 0. The lowest BCUT2D eigenvalue weighted by molar-refractivity contribution is 0.0945. The topological polar surface area (TPSA) is 109 Å². The number of nitriles is 1. The van der Waals surface area contributed by atoms with Crippen molar-refractivity contribution in [2.75, 3.05) is 12.1 Å². The zero-order valence-electron chi connectivity index (χ0n) is 14.7. The predicted molar refractivity (Wildman–Crippen MR) is 100 cm³/mol. The fourth-order valence-electron chi connectivity index (χ4n) is 2.67. The van der Waals surface area contributed by atoms with Crippen molar-refractivity contribution in [3.8, 4) is 17.6 Å². The van der Waals surface area contributed by atoms with E-state index in [4.69, 9.17) is 14.7 Å². The van der Waals surface area contributed by atoms with Crippen LogP contribution in [0.25, 0.3) is 0 Å². The molecule has 1 amide bonds. The van der Waals surface area contributed by atoms with Crippen molar-refractivity contribution in [3.63, 3.8) is 0 Å². The molecule has 0 atom stereocenters. The molecule has 0 fully saturated rings. The third-order valence-electron chi connectivity index (χ3n) is 4.10. The van der Waals surface area contributed by atoms with Gasteiger partial charge in [0.25, 0.3) is 5.91 Å². The van der Waals surface area contributed by atoms with Crippen LogP contribution in [0.15, 0.2) is 54.6 Å². The first-order valence-corrected chi connectivity index (χ1v) is 8.49. The van der Waals surface area contributed by atoms with Crippen molar-refractivity contribution in [3.05, 3.63) is 71.4 Å². The third kappa shape index (κ3) is 3.68. The molecule has 1 aromatic heterocycles. The Labute approximate surface area is 160 Å². The molecule has 2 N–H and O–H groups in total. The van der Waals surface area contributed by atoms with Gasteiger partial charge in [-0.15, -0.1) is 10.2 Å². The summed E-state index contributed by atoms with van der Waals surface area (Å²) in [6.07, 6.45) is 0. The van der Waals surface area contributed by atoms with Gasteiger partial charge in [0.2, 0.25) is 6.79 Å². The Morgan fingerprint density at radius 2 is 1.93 bits per heavy atom. The molecule has 0 saturated heterocycles.